The van der Waals surface area contributed by atoms with E-state index < -0.39 is 0 Å². The second-order valence-electron chi connectivity index (χ2n) is 5.80. The summed E-state index contributed by atoms with van der Waals surface area (Å²) in [5, 5.41) is 0. The molecule has 5 heteroatoms. The number of ether oxygens (including phenoxy) is 2. The molecule has 0 radical (unpaired) electrons. The van der Waals surface area contributed by atoms with Crippen molar-refractivity contribution < 1.29 is 9.47 Å². The van der Waals surface area contributed by atoms with Crippen molar-refractivity contribution in [1.82, 2.24) is 4.90 Å². The van der Waals surface area contributed by atoms with Gasteiger partial charge < -0.3 is 15.2 Å². The second kappa shape index (κ2) is 7.87. The fourth-order valence-corrected chi connectivity index (χ4v) is 3.21. The van der Waals surface area contributed by atoms with Gasteiger partial charge in [-0.3, -0.25) is 4.90 Å². The third-order valence-electron chi connectivity index (χ3n) is 4.19. The molecule has 1 unspecified atom stereocenters. The van der Waals surface area contributed by atoms with Gasteiger partial charge in [-0.1, -0.05) is 6.07 Å². The van der Waals surface area contributed by atoms with E-state index in [2.05, 4.69) is 17.0 Å². The molecular formula is C16H25ClN2O2. The maximum Gasteiger partial charge on any atom is 0.161 e. The molecule has 1 aromatic carbocycles. The first-order valence-corrected chi connectivity index (χ1v) is 7.66. The molecule has 3 rings (SSSR count). The van der Waals surface area contributed by atoms with Crippen LogP contribution in [0.3, 0.4) is 0 Å². The standard InChI is InChI=1S/C16H24N2O2.ClH/c17-6-5-13-2-1-7-18(11-13)12-14-3-4-15-16(10-14)20-9-8-19-15;/h3-4,10,13H,1-2,5-9,11-12,17H2;1H. The molecule has 2 aliphatic heterocycles. The van der Waals surface area contributed by atoms with Crippen LogP contribution in [0.5, 0.6) is 11.5 Å². The largest absolute Gasteiger partial charge is 0.486 e. The van der Waals surface area contributed by atoms with Crippen molar-refractivity contribution in [3.05, 3.63) is 23.8 Å². The van der Waals surface area contributed by atoms with E-state index in [1.807, 2.05) is 6.07 Å². The fraction of sp³-hybridized carbons (Fsp3) is 0.625. The van der Waals surface area contributed by atoms with Crippen LogP contribution in [-0.2, 0) is 6.54 Å². The van der Waals surface area contributed by atoms with Crippen molar-refractivity contribution in [1.29, 1.82) is 0 Å². The number of rotatable bonds is 4. The maximum absolute atomic E-state index is 5.68. The Labute approximate surface area is 133 Å². The summed E-state index contributed by atoms with van der Waals surface area (Å²) >= 11 is 0. The molecule has 1 aromatic rings. The lowest BCUT2D eigenvalue weighted by Gasteiger charge is -2.32. The highest BCUT2D eigenvalue weighted by Crippen LogP contribution is 2.31. The molecule has 118 valence electrons. The predicted molar refractivity (Wildman–Crippen MR) is 86.4 cm³/mol. The average Bonchev–Trinajstić information content (AvgIpc) is 2.48. The predicted octanol–water partition coefficient (Wildman–Crippen LogP) is 2.44. The number of likely N-dealkylation sites (tertiary alicyclic amines) is 1. The zero-order valence-electron chi connectivity index (χ0n) is 12.4. The van der Waals surface area contributed by atoms with Gasteiger partial charge in [0.15, 0.2) is 11.5 Å². The minimum absolute atomic E-state index is 0. The molecule has 0 aliphatic carbocycles. The lowest BCUT2D eigenvalue weighted by atomic mass is 9.94. The molecule has 21 heavy (non-hydrogen) atoms. The summed E-state index contributed by atoms with van der Waals surface area (Å²) in [5.74, 6) is 2.54. The van der Waals surface area contributed by atoms with Crippen LogP contribution in [-0.4, -0.2) is 37.7 Å². The van der Waals surface area contributed by atoms with Gasteiger partial charge in [0.1, 0.15) is 13.2 Å². The summed E-state index contributed by atoms with van der Waals surface area (Å²) in [6.45, 7) is 5.47. The molecule has 0 aromatic heterocycles. The Balaban J connectivity index is 0.00000161. The maximum atomic E-state index is 5.68. The van der Waals surface area contributed by atoms with Gasteiger partial charge in [0, 0.05) is 13.1 Å². The number of piperidine rings is 1. The molecular weight excluding hydrogens is 288 g/mol. The molecule has 0 amide bonds. The van der Waals surface area contributed by atoms with Crippen molar-refractivity contribution in [3.8, 4) is 11.5 Å². The van der Waals surface area contributed by atoms with Gasteiger partial charge in [0.2, 0.25) is 0 Å². The van der Waals surface area contributed by atoms with Crippen LogP contribution in [0.4, 0.5) is 0 Å². The zero-order chi connectivity index (χ0) is 13.8. The lowest BCUT2D eigenvalue weighted by Crippen LogP contribution is -2.35. The molecule has 4 nitrogen and oxygen atoms in total. The summed E-state index contributed by atoms with van der Waals surface area (Å²) in [4.78, 5) is 2.54. The van der Waals surface area contributed by atoms with Gasteiger partial charge >= 0.3 is 0 Å². The van der Waals surface area contributed by atoms with Gasteiger partial charge in [-0.25, -0.2) is 0 Å². The number of fused-ring (bicyclic) bond motifs is 1. The Hall–Kier alpha value is -0.970. The molecule has 0 bridgehead atoms. The Kier molecular flexibility index (Phi) is 6.15. The highest BCUT2D eigenvalue weighted by molar-refractivity contribution is 5.85. The number of hydrogen-bond acceptors (Lipinski definition) is 4. The van der Waals surface area contributed by atoms with E-state index >= 15 is 0 Å². The molecule has 1 saturated heterocycles. The van der Waals surface area contributed by atoms with Gasteiger partial charge in [-0.05, 0) is 56.0 Å². The summed E-state index contributed by atoms with van der Waals surface area (Å²) in [7, 11) is 0. The van der Waals surface area contributed by atoms with Crippen molar-refractivity contribution in [2.75, 3.05) is 32.8 Å². The van der Waals surface area contributed by atoms with E-state index in [1.165, 1.54) is 31.5 Å². The number of hydrogen-bond donors (Lipinski definition) is 1. The van der Waals surface area contributed by atoms with Crippen LogP contribution in [0.25, 0.3) is 0 Å². The van der Waals surface area contributed by atoms with Gasteiger partial charge in [-0.15, -0.1) is 12.4 Å². The number of halogens is 1. The molecule has 2 N–H and O–H groups in total. The lowest BCUT2D eigenvalue weighted by molar-refractivity contribution is 0.160. The first kappa shape index (κ1) is 16.4. The SMILES string of the molecule is Cl.NCCC1CCCN(Cc2ccc3c(c2)OCCO3)C1. The summed E-state index contributed by atoms with van der Waals surface area (Å²) < 4.78 is 11.2. The van der Waals surface area contributed by atoms with Gasteiger partial charge in [0.05, 0.1) is 0 Å². The highest BCUT2D eigenvalue weighted by Gasteiger charge is 2.20. The molecule has 1 fully saturated rings. The summed E-state index contributed by atoms with van der Waals surface area (Å²) in [6.07, 6.45) is 3.77. The van der Waals surface area contributed by atoms with Crippen molar-refractivity contribution in [2.24, 2.45) is 11.7 Å². The van der Waals surface area contributed by atoms with Crippen LogP contribution in [0.1, 0.15) is 24.8 Å². The Morgan fingerprint density at radius 2 is 2.00 bits per heavy atom. The molecule has 1 atom stereocenters. The normalized spacial score (nSPS) is 21.7. The minimum Gasteiger partial charge on any atom is -0.486 e. The Bertz CT molecular complexity index is 454. The quantitative estimate of drug-likeness (QED) is 0.927. The third-order valence-corrected chi connectivity index (χ3v) is 4.19. The number of nitrogens with zero attached hydrogens (tertiary/aromatic N) is 1. The van der Waals surface area contributed by atoms with E-state index in [0.29, 0.717) is 13.2 Å². The van der Waals surface area contributed by atoms with Crippen molar-refractivity contribution in [3.63, 3.8) is 0 Å². The average molecular weight is 313 g/mol. The van der Waals surface area contributed by atoms with Crippen molar-refractivity contribution >= 4 is 12.4 Å². The van der Waals surface area contributed by atoms with Crippen LogP contribution in [0.15, 0.2) is 18.2 Å². The van der Waals surface area contributed by atoms with Gasteiger partial charge in [-0.2, -0.15) is 0 Å². The van der Waals surface area contributed by atoms with E-state index in [-0.39, 0.29) is 12.4 Å². The Morgan fingerprint density at radius 3 is 2.81 bits per heavy atom. The van der Waals surface area contributed by atoms with E-state index in [4.69, 9.17) is 15.2 Å². The number of benzene rings is 1. The van der Waals surface area contributed by atoms with Crippen LogP contribution in [0.2, 0.25) is 0 Å². The van der Waals surface area contributed by atoms with Crippen LogP contribution in [0, 0.1) is 5.92 Å². The zero-order valence-corrected chi connectivity index (χ0v) is 13.2. The van der Waals surface area contributed by atoms with E-state index in [1.54, 1.807) is 0 Å². The molecule has 0 spiro atoms. The van der Waals surface area contributed by atoms with Gasteiger partial charge in [0.25, 0.3) is 0 Å². The Morgan fingerprint density at radius 1 is 1.19 bits per heavy atom. The minimum atomic E-state index is 0. The summed E-state index contributed by atoms with van der Waals surface area (Å²) in [5.41, 5.74) is 6.99. The molecule has 2 heterocycles. The molecule has 2 aliphatic rings. The monoisotopic (exact) mass is 312 g/mol. The van der Waals surface area contributed by atoms with Crippen LogP contribution >= 0.6 is 12.4 Å². The van der Waals surface area contributed by atoms with Crippen molar-refractivity contribution in [2.45, 2.75) is 25.8 Å². The smallest absolute Gasteiger partial charge is 0.161 e. The highest BCUT2D eigenvalue weighted by atomic mass is 35.5. The number of nitrogens with two attached hydrogens (primary N) is 1. The van der Waals surface area contributed by atoms with Crippen LogP contribution < -0.4 is 15.2 Å². The fourth-order valence-electron chi connectivity index (χ4n) is 3.21. The van der Waals surface area contributed by atoms with E-state index in [0.717, 1.165) is 36.9 Å². The first-order chi connectivity index (χ1) is 9.85. The molecule has 0 saturated carbocycles. The first-order valence-electron chi connectivity index (χ1n) is 7.66. The van der Waals surface area contributed by atoms with E-state index in [9.17, 15) is 0 Å². The third kappa shape index (κ3) is 4.25. The summed E-state index contributed by atoms with van der Waals surface area (Å²) in [6, 6.07) is 6.31. The topological polar surface area (TPSA) is 47.7 Å². The second-order valence-corrected chi connectivity index (χ2v) is 5.80.